The van der Waals surface area contributed by atoms with Crippen LogP contribution in [0.2, 0.25) is 0 Å². The zero-order valence-electron chi connectivity index (χ0n) is 11.8. The van der Waals surface area contributed by atoms with Crippen LogP contribution in [0.1, 0.15) is 22.9 Å². The van der Waals surface area contributed by atoms with E-state index in [4.69, 9.17) is 0 Å². The molecule has 0 bridgehead atoms. The molecule has 1 aliphatic rings. The maximum Gasteiger partial charge on any atom is 0.153 e. The number of fused-ring (bicyclic) bond motifs is 3. The summed E-state index contributed by atoms with van der Waals surface area (Å²) in [5.74, 6) is -1.02. The molecule has 3 heterocycles. The van der Waals surface area contributed by atoms with E-state index in [1.165, 1.54) is 0 Å². The van der Waals surface area contributed by atoms with Gasteiger partial charge in [0, 0.05) is 35.3 Å². The van der Waals surface area contributed by atoms with Crippen molar-refractivity contribution >= 4 is 16.9 Å². The molecule has 0 spiro atoms. The number of aliphatic carboxylic acids is 1. The fourth-order valence-corrected chi connectivity index (χ4v) is 3.33. The number of hydrogen-bond donors (Lipinski definition) is 2. The van der Waals surface area contributed by atoms with Crippen LogP contribution in [-0.4, -0.2) is 22.0 Å². The number of nitrogens with zero attached hydrogens (tertiary/aromatic N) is 1. The topological polar surface area (TPSA) is 85.4 Å². The maximum absolute atomic E-state index is 11.4. The number of aromatic amines is 1. The first-order chi connectivity index (χ1) is 10.7. The van der Waals surface area contributed by atoms with E-state index in [2.05, 4.69) is 9.97 Å². The van der Waals surface area contributed by atoms with E-state index >= 15 is 0 Å². The monoisotopic (exact) mass is 293 g/mol. The molecule has 3 N–H and O–H groups in total. The number of nitrogens with two attached hydrogens (primary N) is 1. The lowest BCUT2D eigenvalue weighted by Gasteiger charge is -2.28. The average molecular weight is 293 g/mol. The van der Waals surface area contributed by atoms with Gasteiger partial charge < -0.3 is 20.2 Å². The number of pyridine rings is 1. The summed E-state index contributed by atoms with van der Waals surface area (Å²) >= 11 is 0. The first-order valence-corrected chi connectivity index (χ1v) is 7.29. The smallest absolute Gasteiger partial charge is 0.153 e. The van der Waals surface area contributed by atoms with E-state index in [-0.39, 0.29) is 6.04 Å². The summed E-state index contributed by atoms with van der Waals surface area (Å²) in [7, 11) is 0. The quantitative estimate of drug-likeness (QED) is 0.691. The molecule has 0 saturated carbocycles. The van der Waals surface area contributed by atoms with E-state index in [9.17, 15) is 9.90 Å². The summed E-state index contributed by atoms with van der Waals surface area (Å²) in [4.78, 5) is 18.9. The van der Waals surface area contributed by atoms with Crippen molar-refractivity contribution in [3.63, 3.8) is 0 Å². The van der Waals surface area contributed by atoms with Gasteiger partial charge in [0.05, 0.1) is 11.7 Å². The molecule has 2 atom stereocenters. The number of hydrogen-bond acceptors (Lipinski definition) is 3. The molecule has 1 aromatic carbocycles. The Labute approximate surface area is 127 Å². The highest BCUT2D eigenvalue weighted by Gasteiger charge is 2.34. The summed E-state index contributed by atoms with van der Waals surface area (Å²) in [5, 5.41) is 14.4. The van der Waals surface area contributed by atoms with Crippen molar-refractivity contribution in [2.45, 2.75) is 18.5 Å². The Morgan fingerprint density at radius 3 is 2.77 bits per heavy atom. The largest absolute Gasteiger partial charge is 0.544 e. The van der Waals surface area contributed by atoms with E-state index in [0.717, 1.165) is 27.7 Å². The molecule has 0 saturated heterocycles. The lowest BCUT2D eigenvalue weighted by atomic mass is 9.91. The number of quaternary nitrogens is 1. The van der Waals surface area contributed by atoms with Gasteiger partial charge in [0.15, 0.2) is 6.04 Å². The number of nitrogens with one attached hydrogen (secondary N) is 1. The second-order valence-electron chi connectivity index (χ2n) is 5.64. The number of para-hydroxylation sites is 1. The third-order valence-electron chi connectivity index (χ3n) is 4.37. The molecule has 0 unspecified atom stereocenters. The molecule has 5 nitrogen and oxygen atoms in total. The number of aromatic nitrogens is 2. The van der Waals surface area contributed by atoms with Crippen LogP contribution in [0, 0.1) is 0 Å². The fraction of sp³-hybridized carbons (Fsp3) is 0.176. The van der Waals surface area contributed by atoms with Gasteiger partial charge in [-0.25, -0.2) is 0 Å². The van der Waals surface area contributed by atoms with E-state index in [1.54, 1.807) is 12.4 Å². The Balaban J connectivity index is 1.91. The first-order valence-electron chi connectivity index (χ1n) is 7.29. The lowest BCUT2D eigenvalue weighted by molar-refractivity contribution is -0.717. The summed E-state index contributed by atoms with van der Waals surface area (Å²) in [6, 6.07) is 11.2. The van der Waals surface area contributed by atoms with Gasteiger partial charge in [-0.2, -0.15) is 0 Å². The normalized spacial score (nSPS) is 20.7. The van der Waals surface area contributed by atoms with Gasteiger partial charge in [-0.3, -0.25) is 4.98 Å². The molecule has 5 heteroatoms. The molecule has 22 heavy (non-hydrogen) atoms. The summed E-state index contributed by atoms with van der Waals surface area (Å²) < 4.78 is 0. The molecule has 2 aromatic heterocycles. The predicted octanol–water partition coefficient (Wildman–Crippen LogP) is -0.110. The predicted molar refractivity (Wildman–Crippen MR) is 78.8 cm³/mol. The van der Waals surface area contributed by atoms with Crippen molar-refractivity contribution in [1.29, 1.82) is 0 Å². The zero-order chi connectivity index (χ0) is 15.1. The van der Waals surface area contributed by atoms with Crippen molar-refractivity contribution in [2.75, 3.05) is 0 Å². The van der Waals surface area contributed by atoms with Gasteiger partial charge in [0.25, 0.3) is 0 Å². The summed E-state index contributed by atoms with van der Waals surface area (Å²) in [5.41, 5.74) is 4.23. The van der Waals surface area contributed by atoms with Crippen LogP contribution < -0.4 is 10.4 Å². The molecule has 0 aliphatic carbocycles. The minimum absolute atomic E-state index is 0.0814. The number of carbonyl (C=O) groups is 1. The van der Waals surface area contributed by atoms with Gasteiger partial charge in [0.1, 0.15) is 6.04 Å². The first kappa shape index (κ1) is 13.0. The minimum atomic E-state index is -1.02. The molecule has 4 rings (SSSR count). The maximum atomic E-state index is 11.4. The van der Waals surface area contributed by atoms with Gasteiger partial charge in [-0.05, 0) is 23.8 Å². The number of carboxylic acid groups (broad SMARTS) is 1. The van der Waals surface area contributed by atoms with Gasteiger partial charge in [-0.15, -0.1) is 0 Å². The average Bonchev–Trinajstić information content (AvgIpc) is 2.93. The van der Waals surface area contributed by atoms with E-state index in [1.807, 2.05) is 41.7 Å². The van der Waals surface area contributed by atoms with Crippen LogP contribution in [0.3, 0.4) is 0 Å². The van der Waals surface area contributed by atoms with Crippen molar-refractivity contribution in [1.82, 2.24) is 9.97 Å². The third-order valence-corrected chi connectivity index (χ3v) is 4.37. The van der Waals surface area contributed by atoms with Crippen molar-refractivity contribution in [3.8, 4) is 0 Å². The highest BCUT2D eigenvalue weighted by Crippen LogP contribution is 2.31. The third kappa shape index (κ3) is 1.98. The Kier molecular flexibility index (Phi) is 2.94. The number of carbonyl (C=O) groups excluding carboxylic acids is 1. The van der Waals surface area contributed by atoms with E-state index < -0.39 is 12.0 Å². The molecule has 1 aliphatic heterocycles. The Morgan fingerprint density at radius 1 is 1.23 bits per heavy atom. The standard InChI is InChI=1S/C17H15N3O2/c21-17(22)14-9-12-11-3-1-2-4-13(11)19-16(12)15(20-14)10-5-7-18-8-6-10/h1-8,14-15,19-20H,9H2,(H,21,22)/t14-,15+/m1/s1. The Morgan fingerprint density at radius 2 is 2.00 bits per heavy atom. The molecule has 0 radical (unpaired) electrons. The van der Waals surface area contributed by atoms with Crippen LogP contribution in [0.15, 0.2) is 48.8 Å². The second kappa shape index (κ2) is 4.96. The van der Waals surface area contributed by atoms with Crippen LogP contribution in [0.5, 0.6) is 0 Å². The summed E-state index contributed by atoms with van der Waals surface area (Å²) in [6.07, 6.45) is 3.94. The Hall–Kier alpha value is -2.66. The second-order valence-corrected chi connectivity index (χ2v) is 5.64. The number of carboxylic acids is 1. The Bertz CT molecular complexity index is 841. The molecular formula is C17H15N3O2. The summed E-state index contributed by atoms with van der Waals surface area (Å²) in [6.45, 7) is 0. The lowest BCUT2D eigenvalue weighted by Crippen LogP contribution is -2.95. The van der Waals surface area contributed by atoms with Crippen molar-refractivity contribution < 1.29 is 15.2 Å². The number of rotatable bonds is 2. The molecule has 0 amide bonds. The molecule has 0 fully saturated rings. The molecule has 3 aromatic rings. The van der Waals surface area contributed by atoms with Gasteiger partial charge in [-0.1, -0.05) is 18.2 Å². The SMILES string of the molecule is O=C([O-])[C@H]1Cc2c([nH]c3ccccc23)[C@H](c2ccncc2)[NH2+]1. The van der Waals surface area contributed by atoms with Crippen LogP contribution in [0.4, 0.5) is 0 Å². The number of H-pyrrole nitrogens is 1. The number of benzene rings is 1. The molecule has 110 valence electrons. The zero-order valence-corrected chi connectivity index (χ0v) is 11.8. The fourth-order valence-electron chi connectivity index (χ4n) is 3.33. The van der Waals surface area contributed by atoms with Crippen molar-refractivity contribution in [3.05, 3.63) is 65.6 Å². The minimum Gasteiger partial charge on any atom is -0.544 e. The highest BCUT2D eigenvalue weighted by molar-refractivity contribution is 5.86. The molecular weight excluding hydrogens is 278 g/mol. The highest BCUT2D eigenvalue weighted by atomic mass is 16.4. The van der Waals surface area contributed by atoms with Gasteiger partial charge >= 0.3 is 0 Å². The van der Waals surface area contributed by atoms with Crippen LogP contribution >= 0.6 is 0 Å². The van der Waals surface area contributed by atoms with Crippen LogP contribution in [0.25, 0.3) is 10.9 Å². The van der Waals surface area contributed by atoms with Gasteiger partial charge in [0.2, 0.25) is 0 Å². The van der Waals surface area contributed by atoms with Crippen molar-refractivity contribution in [2.24, 2.45) is 0 Å². The van der Waals surface area contributed by atoms with Crippen LogP contribution in [-0.2, 0) is 11.2 Å². The van der Waals surface area contributed by atoms with E-state index in [0.29, 0.717) is 6.42 Å².